The molecule has 3 rings (SSSR count). The lowest BCUT2D eigenvalue weighted by Gasteiger charge is -2.27. The van der Waals surface area contributed by atoms with E-state index in [9.17, 15) is 13.9 Å². The first-order chi connectivity index (χ1) is 11.5. The molecular weight excluding hydrogens is 318 g/mol. The second-order valence-electron chi connectivity index (χ2n) is 5.74. The van der Waals surface area contributed by atoms with Crippen LogP contribution in [-0.2, 0) is 0 Å². The lowest BCUT2D eigenvalue weighted by Crippen LogP contribution is -2.28. The van der Waals surface area contributed by atoms with Crippen molar-refractivity contribution < 1.29 is 18.6 Å². The zero-order valence-electron chi connectivity index (χ0n) is 12.9. The number of rotatable bonds is 4. The maximum absolute atomic E-state index is 13.8. The molecule has 6 nitrogen and oxygen atoms in total. The van der Waals surface area contributed by atoms with Gasteiger partial charge in [0.15, 0.2) is 29.0 Å². The predicted molar refractivity (Wildman–Crippen MR) is 84.8 cm³/mol. The van der Waals surface area contributed by atoms with E-state index in [0.717, 1.165) is 25.0 Å². The van der Waals surface area contributed by atoms with Gasteiger partial charge in [-0.2, -0.15) is 4.98 Å². The number of para-hydroxylation sites is 1. The van der Waals surface area contributed by atoms with Crippen LogP contribution in [-0.4, -0.2) is 27.2 Å². The minimum Gasteiger partial charge on any atom is -0.446 e. The van der Waals surface area contributed by atoms with E-state index in [1.807, 2.05) is 0 Å². The van der Waals surface area contributed by atoms with E-state index in [-0.39, 0.29) is 29.7 Å². The van der Waals surface area contributed by atoms with Crippen molar-refractivity contribution in [3.63, 3.8) is 0 Å². The highest BCUT2D eigenvalue weighted by atomic mass is 19.1. The summed E-state index contributed by atoms with van der Waals surface area (Å²) in [5.74, 6) is -1.79. The molecule has 4 N–H and O–H groups in total. The fraction of sp³-hybridized carbons (Fsp3) is 0.375. The van der Waals surface area contributed by atoms with Crippen molar-refractivity contribution in [2.45, 2.75) is 37.8 Å². The van der Waals surface area contributed by atoms with Crippen molar-refractivity contribution in [1.82, 2.24) is 9.97 Å². The molecule has 0 amide bonds. The topological polar surface area (TPSA) is 93.3 Å². The van der Waals surface area contributed by atoms with Crippen LogP contribution < -0.4 is 15.8 Å². The van der Waals surface area contributed by atoms with Crippen LogP contribution in [0, 0.1) is 11.6 Å². The summed E-state index contributed by atoms with van der Waals surface area (Å²) in [6.45, 7) is 0. The average Bonchev–Trinajstić information content (AvgIpc) is 2.55. The van der Waals surface area contributed by atoms with Gasteiger partial charge in [-0.3, -0.25) is 0 Å². The third-order valence-electron chi connectivity index (χ3n) is 3.94. The fourth-order valence-electron chi connectivity index (χ4n) is 2.67. The van der Waals surface area contributed by atoms with Crippen LogP contribution in [0.25, 0.3) is 0 Å². The summed E-state index contributed by atoms with van der Waals surface area (Å²) in [5, 5.41) is 12.7. The number of ether oxygens (including phenoxy) is 1. The summed E-state index contributed by atoms with van der Waals surface area (Å²) in [5.41, 5.74) is 5.60. The Kier molecular flexibility index (Phi) is 4.75. The van der Waals surface area contributed by atoms with Crippen molar-refractivity contribution in [1.29, 1.82) is 0 Å². The molecule has 128 valence electrons. The Morgan fingerprint density at radius 3 is 2.50 bits per heavy atom. The molecule has 1 heterocycles. The van der Waals surface area contributed by atoms with E-state index in [1.165, 1.54) is 12.3 Å². The third-order valence-corrected chi connectivity index (χ3v) is 3.94. The Hall–Kier alpha value is -2.48. The van der Waals surface area contributed by atoms with Gasteiger partial charge in [0.1, 0.15) is 0 Å². The number of halogens is 2. The van der Waals surface area contributed by atoms with Crippen LogP contribution in [0.2, 0.25) is 0 Å². The van der Waals surface area contributed by atoms with Crippen molar-refractivity contribution in [2.24, 2.45) is 0 Å². The monoisotopic (exact) mass is 336 g/mol. The van der Waals surface area contributed by atoms with Gasteiger partial charge >= 0.3 is 0 Å². The molecule has 2 aromatic rings. The maximum Gasteiger partial charge on any atom is 0.222 e. The molecule has 0 bridgehead atoms. The van der Waals surface area contributed by atoms with E-state index in [4.69, 9.17) is 10.5 Å². The number of nitrogens with two attached hydrogens (primary N) is 1. The van der Waals surface area contributed by atoms with E-state index < -0.39 is 17.4 Å². The Balaban J connectivity index is 1.83. The van der Waals surface area contributed by atoms with Gasteiger partial charge in [0.05, 0.1) is 12.3 Å². The van der Waals surface area contributed by atoms with Crippen LogP contribution in [0.4, 0.5) is 20.5 Å². The average molecular weight is 336 g/mol. The molecule has 0 aliphatic heterocycles. The molecule has 0 saturated heterocycles. The normalized spacial score (nSPS) is 20.6. The highest BCUT2D eigenvalue weighted by molar-refractivity contribution is 5.53. The molecule has 0 radical (unpaired) electrons. The van der Waals surface area contributed by atoms with Crippen LogP contribution in [0.1, 0.15) is 25.7 Å². The summed E-state index contributed by atoms with van der Waals surface area (Å²) < 4.78 is 32.9. The van der Waals surface area contributed by atoms with E-state index in [0.29, 0.717) is 12.8 Å². The zero-order chi connectivity index (χ0) is 17.1. The van der Waals surface area contributed by atoms with Gasteiger partial charge in [-0.15, -0.1) is 0 Å². The summed E-state index contributed by atoms with van der Waals surface area (Å²) in [6.07, 6.45) is 3.83. The number of nitrogens with one attached hydrogen (secondary N) is 1. The van der Waals surface area contributed by atoms with E-state index >= 15 is 0 Å². The first-order valence-electron chi connectivity index (χ1n) is 7.72. The van der Waals surface area contributed by atoms with Gasteiger partial charge in [-0.25, -0.2) is 13.8 Å². The largest absolute Gasteiger partial charge is 0.446 e. The van der Waals surface area contributed by atoms with Gasteiger partial charge in [0.2, 0.25) is 5.95 Å². The standard InChI is InChI=1S/C16H18F2N4O2/c17-11-2-1-3-12(18)14(11)24-13-8-20-16(19)22-15(13)21-9-4-6-10(23)7-5-9/h1-3,8-10,23H,4-7H2,(H3,19,20,21,22)/t9-,10-. The Morgan fingerprint density at radius 2 is 1.83 bits per heavy atom. The Bertz CT molecular complexity index is 701. The second-order valence-corrected chi connectivity index (χ2v) is 5.74. The highest BCUT2D eigenvalue weighted by Crippen LogP contribution is 2.33. The van der Waals surface area contributed by atoms with Crippen LogP contribution in [0.5, 0.6) is 11.5 Å². The van der Waals surface area contributed by atoms with Gasteiger partial charge in [0.25, 0.3) is 0 Å². The fourth-order valence-corrected chi connectivity index (χ4v) is 2.67. The molecule has 0 unspecified atom stereocenters. The molecule has 8 heteroatoms. The maximum atomic E-state index is 13.8. The quantitative estimate of drug-likeness (QED) is 0.795. The van der Waals surface area contributed by atoms with Crippen molar-refractivity contribution in [2.75, 3.05) is 11.1 Å². The highest BCUT2D eigenvalue weighted by Gasteiger charge is 2.22. The first-order valence-corrected chi connectivity index (χ1v) is 7.72. The summed E-state index contributed by atoms with van der Waals surface area (Å²) in [6, 6.07) is 3.53. The summed E-state index contributed by atoms with van der Waals surface area (Å²) in [7, 11) is 0. The number of nitrogens with zero attached hydrogens (tertiary/aromatic N) is 2. The summed E-state index contributed by atoms with van der Waals surface area (Å²) in [4.78, 5) is 7.88. The molecule has 0 atom stereocenters. The van der Waals surface area contributed by atoms with Crippen molar-refractivity contribution >= 4 is 11.8 Å². The van der Waals surface area contributed by atoms with E-state index in [2.05, 4.69) is 15.3 Å². The molecule has 1 aromatic carbocycles. The van der Waals surface area contributed by atoms with Crippen molar-refractivity contribution in [3.05, 3.63) is 36.0 Å². The number of anilines is 2. The lowest BCUT2D eigenvalue weighted by molar-refractivity contribution is 0.126. The molecule has 1 saturated carbocycles. The van der Waals surface area contributed by atoms with Crippen LogP contribution in [0.3, 0.4) is 0 Å². The molecular formula is C16H18F2N4O2. The second kappa shape index (κ2) is 6.96. The smallest absolute Gasteiger partial charge is 0.222 e. The molecule has 24 heavy (non-hydrogen) atoms. The first kappa shape index (κ1) is 16.4. The van der Waals surface area contributed by atoms with Gasteiger partial charge in [0, 0.05) is 6.04 Å². The number of aliphatic hydroxyl groups is 1. The SMILES string of the molecule is Nc1ncc(Oc2c(F)cccc2F)c(N[C@H]2CC[C@H](O)CC2)n1. The minimum atomic E-state index is -0.821. The van der Waals surface area contributed by atoms with Gasteiger partial charge < -0.3 is 20.9 Å². The number of benzene rings is 1. The van der Waals surface area contributed by atoms with Crippen LogP contribution >= 0.6 is 0 Å². The summed E-state index contributed by atoms with van der Waals surface area (Å²) >= 11 is 0. The Labute approximate surface area is 137 Å². The number of hydrogen-bond donors (Lipinski definition) is 3. The van der Waals surface area contributed by atoms with Crippen LogP contribution in [0.15, 0.2) is 24.4 Å². The molecule has 1 aromatic heterocycles. The number of aromatic nitrogens is 2. The van der Waals surface area contributed by atoms with Crippen molar-refractivity contribution in [3.8, 4) is 11.5 Å². The lowest BCUT2D eigenvalue weighted by atomic mass is 9.93. The number of nitrogen functional groups attached to an aromatic ring is 1. The van der Waals surface area contributed by atoms with Gasteiger partial charge in [-0.05, 0) is 37.8 Å². The predicted octanol–water partition coefficient (Wildman–Crippen LogP) is 2.84. The number of aliphatic hydroxyl groups excluding tert-OH is 1. The molecule has 1 fully saturated rings. The van der Waals surface area contributed by atoms with E-state index in [1.54, 1.807) is 0 Å². The van der Waals surface area contributed by atoms with Gasteiger partial charge in [-0.1, -0.05) is 6.07 Å². The Morgan fingerprint density at radius 1 is 1.17 bits per heavy atom. The number of hydrogen-bond acceptors (Lipinski definition) is 6. The molecule has 1 aliphatic carbocycles. The third kappa shape index (κ3) is 3.70. The molecule has 0 spiro atoms. The molecule has 1 aliphatic rings. The zero-order valence-corrected chi connectivity index (χ0v) is 12.9. The minimum absolute atomic E-state index is 0.0229.